The number of rotatable bonds is 4. The molecule has 3 N–H and O–H groups in total. The fourth-order valence-electron chi connectivity index (χ4n) is 3.45. The number of carboxylic acids is 1. The molecule has 3 rings (SSSR count). The maximum absolute atomic E-state index is 11.0. The Balaban J connectivity index is 1.71. The second kappa shape index (κ2) is 5.14. The highest BCUT2D eigenvalue weighted by Crippen LogP contribution is 2.43. The number of carboxylic acid groups (broad SMARTS) is 1. The molecule has 0 radical (unpaired) electrons. The minimum Gasteiger partial charge on any atom is -0.476 e. The fourth-order valence-corrected chi connectivity index (χ4v) is 3.45. The predicted octanol–water partition coefficient (Wildman–Crippen LogP) is 0.927. The van der Waals surface area contributed by atoms with E-state index in [1.807, 2.05) is 0 Å². The van der Waals surface area contributed by atoms with Crippen molar-refractivity contribution in [3.63, 3.8) is 0 Å². The molecule has 7 heteroatoms. The summed E-state index contributed by atoms with van der Waals surface area (Å²) in [7, 11) is 0. The van der Waals surface area contributed by atoms with E-state index in [1.54, 1.807) is 4.68 Å². The van der Waals surface area contributed by atoms with E-state index in [4.69, 9.17) is 15.6 Å². The van der Waals surface area contributed by atoms with Gasteiger partial charge >= 0.3 is 5.97 Å². The number of nitrogens with two attached hydrogens (primary N) is 1. The molecule has 1 aromatic heterocycles. The molecule has 0 aromatic carbocycles. The van der Waals surface area contributed by atoms with E-state index in [-0.39, 0.29) is 23.9 Å². The topological polar surface area (TPSA) is 103 Å². The number of aromatic carboxylic acids is 1. The van der Waals surface area contributed by atoms with Crippen molar-refractivity contribution in [2.24, 2.45) is 5.73 Å². The van der Waals surface area contributed by atoms with Crippen molar-refractivity contribution >= 4 is 5.97 Å². The summed E-state index contributed by atoms with van der Waals surface area (Å²) in [6.45, 7) is 0.654. The SMILES string of the molecule is NCc1c(C(=O)O)nnn1CC1CCC2(CCCC2)O1. The third-order valence-electron chi connectivity index (χ3n) is 4.46. The monoisotopic (exact) mass is 280 g/mol. The number of hydrogen-bond acceptors (Lipinski definition) is 5. The molecule has 1 saturated heterocycles. The zero-order valence-corrected chi connectivity index (χ0v) is 11.4. The molecule has 1 aliphatic carbocycles. The molecule has 110 valence electrons. The summed E-state index contributed by atoms with van der Waals surface area (Å²) in [5, 5.41) is 16.6. The first-order valence-electron chi connectivity index (χ1n) is 7.17. The molecule has 0 amide bonds. The first-order valence-corrected chi connectivity index (χ1v) is 7.17. The molecule has 2 fully saturated rings. The normalized spacial score (nSPS) is 24.6. The lowest BCUT2D eigenvalue weighted by Crippen LogP contribution is -2.27. The summed E-state index contributed by atoms with van der Waals surface area (Å²) in [4.78, 5) is 11.0. The van der Waals surface area contributed by atoms with Crippen LogP contribution in [0.1, 0.15) is 54.7 Å². The molecular formula is C13H20N4O3. The zero-order valence-electron chi connectivity index (χ0n) is 11.4. The summed E-state index contributed by atoms with van der Waals surface area (Å²) >= 11 is 0. The Morgan fingerprint density at radius 3 is 2.85 bits per heavy atom. The smallest absolute Gasteiger partial charge is 0.358 e. The van der Waals surface area contributed by atoms with Crippen LogP contribution in [0.25, 0.3) is 0 Å². The minimum atomic E-state index is -1.09. The lowest BCUT2D eigenvalue weighted by molar-refractivity contribution is -0.0433. The highest BCUT2D eigenvalue weighted by Gasteiger charge is 2.42. The highest BCUT2D eigenvalue weighted by atomic mass is 16.5. The van der Waals surface area contributed by atoms with Gasteiger partial charge in [-0.25, -0.2) is 9.48 Å². The van der Waals surface area contributed by atoms with Crippen LogP contribution in [0, 0.1) is 0 Å². The van der Waals surface area contributed by atoms with Gasteiger partial charge in [-0.1, -0.05) is 18.1 Å². The van der Waals surface area contributed by atoms with Crippen LogP contribution in [0.3, 0.4) is 0 Å². The van der Waals surface area contributed by atoms with E-state index in [0.29, 0.717) is 12.2 Å². The minimum absolute atomic E-state index is 0.0546. The zero-order chi connectivity index (χ0) is 14.2. The van der Waals surface area contributed by atoms with Crippen LogP contribution in [-0.2, 0) is 17.8 Å². The van der Waals surface area contributed by atoms with E-state index in [9.17, 15) is 4.79 Å². The molecule has 1 unspecified atom stereocenters. The average molecular weight is 280 g/mol. The van der Waals surface area contributed by atoms with Crippen LogP contribution in [0.2, 0.25) is 0 Å². The van der Waals surface area contributed by atoms with Crippen LogP contribution < -0.4 is 5.73 Å². The summed E-state index contributed by atoms with van der Waals surface area (Å²) in [5.74, 6) is -1.09. The van der Waals surface area contributed by atoms with Crippen molar-refractivity contribution in [1.29, 1.82) is 0 Å². The third kappa shape index (κ3) is 2.31. The first-order chi connectivity index (χ1) is 9.63. The largest absolute Gasteiger partial charge is 0.476 e. The van der Waals surface area contributed by atoms with Gasteiger partial charge in [0.2, 0.25) is 0 Å². The molecule has 7 nitrogen and oxygen atoms in total. The third-order valence-corrected chi connectivity index (χ3v) is 4.46. The molecule has 1 aliphatic heterocycles. The summed E-state index contributed by atoms with van der Waals surface area (Å²) < 4.78 is 7.79. The van der Waals surface area contributed by atoms with Gasteiger partial charge in [-0.15, -0.1) is 5.10 Å². The molecule has 1 atom stereocenters. The van der Waals surface area contributed by atoms with Crippen LogP contribution >= 0.6 is 0 Å². The van der Waals surface area contributed by atoms with Crippen molar-refractivity contribution in [2.45, 2.75) is 63.3 Å². The maximum atomic E-state index is 11.0. The second-order valence-electron chi connectivity index (χ2n) is 5.74. The Morgan fingerprint density at radius 1 is 1.45 bits per heavy atom. The molecule has 2 aliphatic rings. The number of aromatic nitrogens is 3. The molecule has 0 bridgehead atoms. The quantitative estimate of drug-likeness (QED) is 0.850. The summed E-state index contributed by atoms with van der Waals surface area (Å²) in [6.07, 6.45) is 6.94. The summed E-state index contributed by atoms with van der Waals surface area (Å²) in [6, 6.07) is 0. The highest BCUT2D eigenvalue weighted by molar-refractivity contribution is 5.86. The Hall–Kier alpha value is -1.47. The van der Waals surface area contributed by atoms with Gasteiger partial charge < -0.3 is 15.6 Å². The van der Waals surface area contributed by atoms with Gasteiger partial charge in [-0.05, 0) is 25.7 Å². The van der Waals surface area contributed by atoms with Crippen molar-refractivity contribution < 1.29 is 14.6 Å². The average Bonchev–Trinajstić information content (AvgIpc) is 3.12. The number of ether oxygens (including phenoxy) is 1. The second-order valence-corrected chi connectivity index (χ2v) is 5.74. The Morgan fingerprint density at radius 2 is 2.20 bits per heavy atom. The molecular weight excluding hydrogens is 260 g/mol. The first kappa shape index (κ1) is 13.5. The standard InChI is InChI=1S/C13H20N4O3/c14-7-10-11(12(18)19)15-16-17(10)8-9-3-6-13(20-9)4-1-2-5-13/h9H,1-8,14H2,(H,18,19). The van der Waals surface area contributed by atoms with Crippen LogP contribution in [-0.4, -0.2) is 37.8 Å². The lowest BCUT2D eigenvalue weighted by atomic mass is 9.98. The van der Waals surface area contributed by atoms with Crippen molar-refractivity contribution in [3.05, 3.63) is 11.4 Å². The number of nitrogens with zero attached hydrogens (tertiary/aromatic N) is 3. The van der Waals surface area contributed by atoms with Gasteiger partial charge in [0, 0.05) is 6.54 Å². The van der Waals surface area contributed by atoms with Gasteiger partial charge in [-0.3, -0.25) is 0 Å². The number of carbonyl (C=O) groups is 1. The fraction of sp³-hybridized carbons (Fsp3) is 0.769. The Kier molecular flexibility index (Phi) is 3.47. The molecule has 2 heterocycles. The van der Waals surface area contributed by atoms with E-state index in [2.05, 4.69) is 10.3 Å². The van der Waals surface area contributed by atoms with Gasteiger partial charge in [0.25, 0.3) is 0 Å². The van der Waals surface area contributed by atoms with Crippen LogP contribution in [0.5, 0.6) is 0 Å². The lowest BCUT2D eigenvalue weighted by Gasteiger charge is -2.23. The predicted molar refractivity (Wildman–Crippen MR) is 70.2 cm³/mol. The van der Waals surface area contributed by atoms with Crippen molar-refractivity contribution in [3.8, 4) is 0 Å². The molecule has 1 saturated carbocycles. The van der Waals surface area contributed by atoms with Gasteiger partial charge in [0.15, 0.2) is 5.69 Å². The van der Waals surface area contributed by atoms with Gasteiger partial charge in [-0.2, -0.15) is 0 Å². The van der Waals surface area contributed by atoms with Crippen LogP contribution in [0.15, 0.2) is 0 Å². The summed E-state index contributed by atoms with van der Waals surface area (Å²) in [5.41, 5.74) is 6.10. The Labute approximate surface area is 117 Å². The molecule has 1 spiro atoms. The maximum Gasteiger partial charge on any atom is 0.358 e. The van der Waals surface area contributed by atoms with Gasteiger partial charge in [0.1, 0.15) is 0 Å². The van der Waals surface area contributed by atoms with Gasteiger partial charge in [0.05, 0.1) is 23.9 Å². The number of hydrogen-bond donors (Lipinski definition) is 2. The van der Waals surface area contributed by atoms with E-state index >= 15 is 0 Å². The van der Waals surface area contributed by atoms with Crippen molar-refractivity contribution in [2.75, 3.05) is 0 Å². The Bertz CT molecular complexity index is 508. The van der Waals surface area contributed by atoms with E-state index < -0.39 is 5.97 Å². The van der Waals surface area contributed by atoms with Crippen molar-refractivity contribution in [1.82, 2.24) is 15.0 Å². The van der Waals surface area contributed by atoms with E-state index in [0.717, 1.165) is 25.7 Å². The van der Waals surface area contributed by atoms with Crippen LogP contribution in [0.4, 0.5) is 0 Å². The van der Waals surface area contributed by atoms with E-state index in [1.165, 1.54) is 12.8 Å². The molecule has 1 aromatic rings. The molecule has 20 heavy (non-hydrogen) atoms.